The number of aryl methyl sites for hydroxylation is 1. The lowest BCUT2D eigenvalue weighted by atomic mass is 10.4. The van der Waals surface area contributed by atoms with E-state index in [1.54, 1.807) is 13.0 Å². The Morgan fingerprint density at radius 1 is 1.33 bits per heavy atom. The van der Waals surface area contributed by atoms with Crippen molar-refractivity contribution in [1.29, 1.82) is 0 Å². The first-order valence-corrected chi connectivity index (χ1v) is 7.13. The molecular weight excluding hydrogens is 297 g/mol. The number of nitrogens with zero attached hydrogens (tertiary/aromatic N) is 1. The number of nitrogens with one attached hydrogen (secondary N) is 2. The maximum absolute atomic E-state index is 12.1. The van der Waals surface area contributed by atoms with Gasteiger partial charge in [0.05, 0.1) is 10.0 Å². The number of aromatic amines is 1. The highest BCUT2D eigenvalue weighted by Gasteiger charge is 2.20. The summed E-state index contributed by atoms with van der Waals surface area (Å²) in [4.78, 5) is -0.0858. The highest BCUT2D eigenvalue weighted by atomic mass is 35.5. The van der Waals surface area contributed by atoms with E-state index in [0.29, 0.717) is 0 Å². The molecular formula is C10H9Cl2N3O2S. The van der Waals surface area contributed by atoms with Crippen LogP contribution < -0.4 is 4.72 Å². The fraction of sp³-hybridized carbons (Fsp3) is 0.100. The summed E-state index contributed by atoms with van der Waals surface area (Å²) >= 11 is 11.7. The van der Waals surface area contributed by atoms with Gasteiger partial charge in [-0.3, -0.25) is 9.82 Å². The Morgan fingerprint density at radius 2 is 2.06 bits per heavy atom. The molecule has 1 aromatic carbocycles. The molecule has 0 spiro atoms. The van der Waals surface area contributed by atoms with Crippen molar-refractivity contribution in [1.82, 2.24) is 10.2 Å². The molecule has 0 unspecified atom stereocenters. The summed E-state index contributed by atoms with van der Waals surface area (Å²) in [5.74, 6) is 0.198. The quantitative estimate of drug-likeness (QED) is 0.915. The molecule has 0 bridgehead atoms. The minimum absolute atomic E-state index is 0.0149. The summed E-state index contributed by atoms with van der Waals surface area (Å²) in [6, 6.07) is 5.96. The third kappa shape index (κ3) is 2.60. The number of sulfonamides is 1. The van der Waals surface area contributed by atoms with Crippen LogP contribution >= 0.6 is 23.2 Å². The Bertz CT molecular complexity index is 682. The van der Waals surface area contributed by atoms with Crippen LogP contribution in [0.5, 0.6) is 0 Å². The lowest BCUT2D eigenvalue weighted by Crippen LogP contribution is -2.13. The molecule has 2 rings (SSSR count). The molecule has 96 valence electrons. The van der Waals surface area contributed by atoms with E-state index in [-0.39, 0.29) is 20.8 Å². The van der Waals surface area contributed by atoms with Crippen molar-refractivity contribution < 1.29 is 8.42 Å². The smallest absolute Gasteiger partial charge is 0.264 e. The van der Waals surface area contributed by atoms with Crippen LogP contribution in [0.4, 0.5) is 5.82 Å². The third-order valence-electron chi connectivity index (χ3n) is 2.15. The first-order chi connectivity index (χ1) is 8.40. The topological polar surface area (TPSA) is 74.8 Å². The number of rotatable bonds is 3. The maximum Gasteiger partial charge on any atom is 0.264 e. The van der Waals surface area contributed by atoms with E-state index in [2.05, 4.69) is 14.9 Å². The van der Waals surface area contributed by atoms with Gasteiger partial charge in [0, 0.05) is 11.8 Å². The highest BCUT2D eigenvalue weighted by Crippen LogP contribution is 2.29. The Labute approximate surface area is 114 Å². The van der Waals surface area contributed by atoms with E-state index in [1.165, 1.54) is 18.2 Å². The zero-order chi connectivity index (χ0) is 13.3. The first-order valence-electron chi connectivity index (χ1n) is 4.89. The molecule has 1 aromatic heterocycles. The lowest BCUT2D eigenvalue weighted by Gasteiger charge is -2.07. The molecule has 0 aliphatic rings. The van der Waals surface area contributed by atoms with Crippen LogP contribution in [-0.2, 0) is 10.0 Å². The molecule has 0 aliphatic carbocycles. The molecule has 0 saturated heterocycles. The number of aromatic nitrogens is 2. The first kappa shape index (κ1) is 13.2. The molecule has 0 fully saturated rings. The lowest BCUT2D eigenvalue weighted by molar-refractivity contribution is 0.601. The Kier molecular flexibility index (Phi) is 3.52. The van der Waals surface area contributed by atoms with Crippen molar-refractivity contribution in [3.8, 4) is 0 Å². The van der Waals surface area contributed by atoms with Crippen LogP contribution in [0.1, 0.15) is 5.69 Å². The summed E-state index contributed by atoms with van der Waals surface area (Å²) in [6.07, 6.45) is 0. The molecule has 18 heavy (non-hydrogen) atoms. The van der Waals surface area contributed by atoms with Gasteiger partial charge in [0.2, 0.25) is 0 Å². The number of halogens is 2. The van der Waals surface area contributed by atoms with Crippen LogP contribution in [0, 0.1) is 6.92 Å². The zero-order valence-electron chi connectivity index (χ0n) is 9.24. The molecule has 5 nitrogen and oxygen atoms in total. The van der Waals surface area contributed by atoms with E-state index in [1.807, 2.05) is 0 Å². The molecule has 0 saturated carbocycles. The monoisotopic (exact) mass is 305 g/mol. The van der Waals surface area contributed by atoms with Gasteiger partial charge in [-0.2, -0.15) is 5.10 Å². The van der Waals surface area contributed by atoms with Gasteiger partial charge in [-0.15, -0.1) is 0 Å². The molecule has 2 N–H and O–H groups in total. The van der Waals surface area contributed by atoms with Crippen molar-refractivity contribution in [2.24, 2.45) is 0 Å². The largest absolute Gasteiger partial charge is 0.281 e. The molecule has 8 heteroatoms. The van der Waals surface area contributed by atoms with Crippen LogP contribution in [0.15, 0.2) is 29.2 Å². The molecule has 0 atom stereocenters. The van der Waals surface area contributed by atoms with E-state index in [0.717, 1.165) is 5.69 Å². The van der Waals surface area contributed by atoms with E-state index in [9.17, 15) is 8.42 Å². The summed E-state index contributed by atoms with van der Waals surface area (Å²) in [7, 11) is -3.80. The fourth-order valence-corrected chi connectivity index (χ4v) is 3.11. The number of anilines is 1. The predicted octanol–water partition coefficient (Wildman–Crippen LogP) is 2.83. The van der Waals surface area contributed by atoms with Crippen molar-refractivity contribution in [3.05, 3.63) is 40.0 Å². The summed E-state index contributed by atoms with van der Waals surface area (Å²) in [5.41, 5.74) is 0.741. The van der Waals surface area contributed by atoms with Gasteiger partial charge in [0.25, 0.3) is 10.0 Å². The van der Waals surface area contributed by atoms with Crippen molar-refractivity contribution in [3.63, 3.8) is 0 Å². The number of benzene rings is 1. The minimum atomic E-state index is -3.80. The summed E-state index contributed by atoms with van der Waals surface area (Å²) < 4.78 is 26.5. The SMILES string of the molecule is Cc1cc(NS(=O)(=O)c2cccc(Cl)c2Cl)n[nH]1. The molecule has 0 amide bonds. The van der Waals surface area contributed by atoms with E-state index >= 15 is 0 Å². The molecule has 0 radical (unpaired) electrons. The normalized spacial score (nSPS) is 11.5. The molecule has 1 heterocycles. The maximum atomic E-state index is 12.1. The Balaban J connectivity index is 2.40. The second kappa shape index (κ2) is 4.79. The number of hydrogen-bond donors (Lipinski definition) is 2. The van der Waals surface area contributed by atoms with Crippen molar-refractivity contribution in [2.45, 2.75) is 11.8 Å². The number of hydrogen-bond acceptors (Lipinski definition) is 3. The van der Waals surface area contributed by atoms with E-state index < -0.39 is 10.0 Å². The average Bonchev–Trinajstić information content (AvgIpc) is 2.67. The van der Waals surface area contributed by atoms with Gasteiger partial charge in [0.1, 0.15) is 4.90 Å². The van der Waals surface area contributed by atoms with Gasteiger partial charge < -0.3 is 0 Å². The standard InChI is InChI=1S/C10H9Cl2N3O2S/c1-6-5-9(14-13-6)15-18(16,17)8-4-2-3-7(11)10(8)12/h2-5H,1H3,(H2,13,14,15). The summed E-state index contributed by atoms with van der Waals surface area (Å²) in [6.45, 7) is 1.76. The zero-order valence-corrected chi connectivity index (χ0v) is 11.6. The van der Waals surface area contributed by atoms with Crippen molar-refractivity contribution >= 4 is 39.0 Å². The predicted molar refractivity (Wildman–Crippen MR) is 70.6 cm³/mol. The van der Waals surface area contributed by atoms with E-state index in [4.69, 9.17) is 23.2 Å². The minimum Gasteiger partial charge on any atom is -0.281 e. The highest BCUT2D eigenvalue weighted by molar-refractivity contribution is 7.92. The van der Waals surface area contributed by atoms with Gasteiger partial charge in [-0.05, 0) is 19.1 Å². The average molecular weight is 306 g/mol. The molecule has 0 aliphatic heterocycles. The van der Waals surface area contributed by atoms with Gasteiger partial charge in [0.15, 0.2) is 5.82 Å². The van der Waals surface area contributed by atoms with Gasteiger partial charge in [-0.25, -0.2) is 8.42 Å². The summed E-state index contributed by atoms with van der Waals surface area (Å²) in [5, 5.41) is 6.58. The van der Waals surface area contributed by atoms with Crippen LogP contribution in [0.25, 0.3) is 0 Å². The Hall–Kier alpha value is -1.24. The fourth-order valence-electron chi connectivity index (χ4n) is 1.35. The third-order valence-corrected chi connectivity index (χ3v) is 4.48. The van der Waals surface area contributed by atoms with Crippen molar-refractivity contribution in [2.75, 3.05) is 4.72 Å². The van der Waals surface area contributed by atoms with Crippen LogP contribution in [0.3, 0.4) is 0 Å². The van der Waals surface area contributed by atoms with Gasteiger partial charge >= 0.3 is 0 Å². The number of H-pyrrole nitrogens is 1. The second-order valence-corrected chi connectivity index (χ2v) is 6.03. The molecule has 2 aromatic rings. The van der Waals surface area contributed by atoms with Gasteiger partial charge in [-0.1, -0.05) is 29.3 Å². The Morgan fingerprint density at radius 3 is 2.67 bits per heavy atom. The second-order valence-electron chi connectivity index (χ2n) is 3.59. The van der Waals surface area contributed by atoms with Crippen LogP contribution in [-0.4, -0.2) is 18.6 Å². The van der Waals surface area contributed by atoms with Crippen LogP contribution in [0.2, 0.25) is 10.0 Å².